The Kier molecular flexibility index (Phi) is 3.91. The number of ether oxygens (including phenoxy) is 2. The molecule has 1 aromatic rings. The van der Waals surface area contributed by atoms with Crippen LogP contribution in [0.2, 0.25) is 0 Å². The molecule has 1 heterocycles. The molecule has 0 amide bonds. The van der Waals surface area contributed by atoms with Crippen molar-refractivity contribution in [1.82, 2.24) is 0 Å². The zero-order chi connectivity index (χ0) is 12.4. The fourth-order valence-corrected chi connectivity index (χ4v) is 2.57. The number of nitrogens with two attached hydrogens (primary N) is 1. The van der Waals surface area contributed by atoms with E-state index in [-0.39, 0.29) is 6.54 Å². The minimum atomic E-state index is -0.669. The highest BCUT2D eigenvalue weighted by atomic mass is 79.9. The lowest BCUT2D eigenvalue weighted by atomic mass is 9.98. The van der Waals surface area contributed by atoms with E-state index in [0.717, 1.165) is 33.5 Å². The molecule has 1 aliphatic heterocycles. The normalized spacial score (nSPS) is 15.8. The second-order valence-corrected chi connectivity index (χ2v) is 4.74. The van der Waals surface area contributed by atoms with E-state index in [2.05, 4.69) is 15.9 Å². The fraction of sp³-hybridized carbons (Fsp3) is 0.500. The summed E-state index contributed by atoms with van der Waals surface area (Å²) in [7, 11) is 0. The predicted octanol–water partition coefficient (Wildman–Crippen LogP) is 1.77. The van der Waals surface area contributed by atoms with Crippen LogP contribution < -0.4 is 15.2 Å². The molecule has 0 aromatic heterocycles. The Morgan fingerprint density at radius 2 is 2.06 bits per heavy atom. The molecule has 4 nitrogen and oxygen atoms in total. The van der Waals surface area contributed by atoms with Gasteiger partial charge in [-0.15, -0.1) is 0 Å². The average Bonchev–Trinajstić information content (AvgIpc) is 2.38. The number of hydrogen-bond acceptors (Lipinski definition) is 4. The number of aliphatic hydroxyl groups is 1. The van der Waals surface area contributed by atoms with Crippen LogP contribution >= 0.6 is 15.9 Å². The zero-order valence-electron chi connectivity index (χ0n) is 9.70. The molecule has 0 aliphatic carbocycles. The molecule has 5 heteroatoms. The Labute approximate surface area is 109 Å². The second kappa shape index (κ2) is 5.25. The molecule has 0 bridgehead atoms. The van der Waals surface area contributed by atoms with Crippen molar-refractivity contribution in [2.45, 2.75) is 19.4 Å². The van der Waals surface area contributed by atoms with E-state index in [1.165, 1.54) is 0 Å². The molecule has 3 N–H and O–H groups in total. The first-order valence-electron chi connectivity index (χ1n) is 5.68. The summed E-state index contributed by atoms with van der Waals surface area (Å²) in [6.07, 6.45) is 0.0998. The number of halogens is 1. The van der Waals surface area contributed by atoms with E-state index in [1.54, 1.807) is 0 Å². The van der Waals surface area contributed by atoms with Crippen LogP contribution in [0.3, 0.4) is 0 Å². The molecule has 1 atom stereocenters. The van der Waals surface area contributed by atoms with E-state index < -0.39 is 6.10 Å². The maximum absolute atomic E-state index is 9.93. The summed E-state index contributed by atoms with van der Waals surface area (Å²) >= 11 is 3.44. The summed E-state index contributed by atoms with van der Waals surface area (Å²) in [5.41, 5.74) is 7.30. The van der Waals surface area contributed by atoms with Crippen molar-refractivity contribution < 1.29 is 14.6 Å². The molecule has 0 saturated heterocycles. The van der Waals surface area contributed by atoms with Gasteiger partial charge in [0.15, 0.2) is 11.5 Å². The maximum Gasteiger partial charge on any atom is 0.175 e. The third-order valence-electron chi connectivity index (χ3n) is 2.84. The first kappa shape index (κ1) is 12.7. The van der Waals surface area contributed by atoms with Crippen molar-refractivity contribution in [2.24, 2.45) is 5.73 Å². The van der Waals surface area contributed by atoms with Crippen LogP contribution in [0.15, 0.2) is 10.5 Å². The molecule has 0 saturated carbocycles. The topological polar surface area (TPSA) is 64.7 Å². The average molecular weight is 302 g/mol. The van der Waals surface area contributed by atoms with Crippen LogP contribution in [0.25, 0.3) is 0 Å². The van der Waals surface area contributed by atoms with Crippen LogP contribution in [-0.4, -0.2) is 24.9 Å². The van der Waals surface area contributed by atoms with Crippen LogP contribution in [0.1, 0.15) is 24.2 Å². The molecule has 0 radical (unpaired) electrons. The van der Waals surface area contributed by atoms with Gasteiger partial charge in [-0.05, 0) is 34.0 Å². The lowest BCUT2D eigenvalue weighted by Crippen LogP contribution is -2.20. The minimum Gasteiger partial charge on any atom is -0.486 e. The maximum atomic E-state index is 9.93. The van der Waals surface area contributed by atoms with E-state index in [0.29, 0.717) is 13.2 Å². The fourth-order valence-electron chi connectivity index (χ4n) is 2.03. The quantitative estimate of drug-likeness (QED) is 0.893. The number of aliphatic hydroxyl groups excluding tert-OH is 1. The van der Waals surface area contributed by atoms with Crippen molar-refractivity contribution >= 4 is 15.9 Å². The Morgan fingerprint density at radius 3 is 2.65 bits per heavy atom. The summed E-state index contributed by atoms with van der Waals surface area (Å²) in [5.74, 6) is 1.46. The molecule has 1 unspecified atom stereocenters. The first-order chi connectivity index (χ1) is 8.19. The second-order valence-electron chi connectivity index (χ2n) is 3.89. The van der Waals surface area contributed by atoms with Gasteiger partial charge in [0.1, 0.15) is 13.2 Å². The monoisotopic (exact) mass is 301 g/mol. The van der Waals surface area contributed by atoms with Crippen LogP contribution in [0.4, 0.5) is 0 Å². The molecule has 94 valence electrons. The molecular formula is C12H16BrNO3. The van der Waals surface area contributed by atoms with Gasteiger partial charge in [-0.3, -0.25) is 0 Å². The van der Waals surface area contributed by atoms with Gasteiger partial charge in [-0.1, -0.05) is 6.92 Å². The standard InChI is InChI=1S/C12H16BrNO3/c1-2-7-8(10(15)6-14)5-9(13)12-11(7)16-3-4-17-12/h5,10,15H,2-4,6,14H2,1H3. The predicted molar refractivity (Wildman–Crippen MR) is 68.5 cm³/mol. The third-order valence-corrected chi connectivity index (χ3v) is 3.43. The van der Waals surface area contributed by atoms with Crippen molar-refractivity contribution in [2.75, 3.05) is 19.8 Å². The molecule has 0 spiro atoms. The SMILES string of the molecule is CCc1c(C(O)CN)cc(Br)c2c1OCCO2. The van der Waals surface area contributed by atoms with Gasteiger partial charge in [-0.2, -0.15) is 0 Å². The largest absolute Gasteiger partial charge is 0.486 e. The highest BCUT2D eigenvalue weighted by Crippen LogP contribution is 2.43. The Balaban J connectivity index is 2.57. The van der Waals surface area contributed by atoms with Gasteiger partial charge in [-0.25, -0.2) is 0 Å². The molecule has 17 heavy (non-hydrogen) atoms. The summed E-state index contributed by atoms with van der Waals surface area (Å²) in [4.78, 5) is 0. The zero-order valence-corrected chi connectivity index (χ0v) is 11.3. The van der Waals surface area contributed by atoms with Gasteiger partial charge >= 0.3 is 0 Å². The number of rotatable bonds is 3. The molecule has 1 aliphatic rings. The number of benzene rings is 1. The lowest BCUT2D eigenvalue weighted by molar-refractivity contribution is 0.163. The Bertz CT molecular complexity index is 423. The summed E-state index contributed by atoms with van der Waals surface area (Å²) < 4.78 is 12.0. The van der Waals surface area contributed by atoms with Crippen molar-refractivity contribution in [3.63, 3.8) is 0 Å². The van der Waals surface area contributed by atoms with Crippen molar-refractivity contribution in [3.8, 4) is 11.5 Å². The lowest BCUT2D eigenvalue weighted by Gasteiger charge is -2.25. The van der Waals surface area contributed by atoms with Gasteiger partial charge in [0.25, 0.3) is 0 Å². The van der Waals surface area contributed by atoms with E-state index >= 15 is 0 Å². The summed E-state index contributed by atoms with van der Waals surface area (Å²) in [5, 5.41) is 9.93. The van der Waals surface area contributed by atoms with Crippen molar-refractivity contribution in [1.29, 1.82) is 0 Å². The molecular weight excluding hydrogens is 286 g/mol. The van der Waals surface area contributed by atoms with Gasteiger partial charge in [0, 0.05) is 12.1 Å². The highest BCUT2D eigenvalue weighted by Gasteiger charge is 2.24. The van der Waals surface area contributed by atoms with Crippen LogP contribution in [0.5, 0.6) is 11.5 Å². The van der Waals surface area contributed by atoms with Crippen molar-refractivity contribution in [3.05, 3.63) is 21.7 Å². The Hall–Kier alpha value is -0.780. The molecule has 0 fully saturated rings. The summed E-state index contributed by atoms with van der Waals surface area (Å²) in [6, 6.07) is 1.86. The van der Waals surface area contributed by atoms with Gasteiger partial charge in [0.05, 0.1) is 10.6 Å². The summed E-state index contributed by atoms with van der Waals surface area (Å²) in [6.45, 7) is 3.30. The number of hydrogen-bond donors (Lipinski definition) is 2. The number of fused-ring (bicyclic) bond motifs is 1. The van der Waals surface area contributed by atoms with Crippen LogP contribution in [-0.2, 0) is 6.42 Å². The van der Waals surface area contributed by atoms with Gasteiger partial charge < -0.3 is 20.3 Å². The molecule has 2 rings (SSSR count). The van der Waals surface area contributed by atoms with E-state index in [9.17, 15) is 5.11 Å². The van der Waals surface area contributed by atoms with E-state index in [4.69, 9.17) is 15.2 Å². The smallest absolute Gasteiger partial charge is 0.175 e. The molecule has 1 aromatic carbocycles. The van der Waals surface area contributed by atoms with Crippen LogP contribution in [0, 0.1) is 0 Å². The minimum absolute atomic E-state index is 0.194. The first-order valence-corrected chi connectivity index (χ1v) is 6.47. The van der Waals surface area contributed by atoms with Gasteiger partial charge in [0.2, 0.25) is 0 Å². The Morgan fingerprint density at radius 1 is 1.41 bits per heavy atom. The van der Waals surface area contributed by atoms with E-state index in [1.807, 2.05) is 13.0 Å². The highest BCUT2D eigenvalue weighted by molar-refractivity contribution is 9.10. The third kappa shape index (κ3) is 2.27.